The molecule has 0 unspecified atom stereocenters. The summed E-state index contributed by atoms with van der Waals surface area (Å²) in [6.45, 7) is 3.94. The number of nitrogens with two attached hydrogens (primary N) is 1. The maximum absolute atomic E-state index is 5.62. The van der Waals surface area contributed by atoms with Crippen molar-refractivity contribution < 1.29 is 0 Å². The molecule has 13 heavy (non-hydrogen) atoms. The Morgan fingerprint density at radius 2 is 2.38 bits per heavy atom. The molecule has 5 heteroatoms. The number of aromatic nitrogens is 2. The zero-order valence-electron chi connectivity index (χ0n) is 8.15. The normalized spacial score (nSPS) is 12.2. The maximum atomic E-state index is 5.62. The van der Waals surface area contributed by atoms with Gasteiger partial charge in [0.2, 0.25) is 0 Å². The van der Waals surface area contributed by atoms with Crippen molar-refractivity contribution in [2.75, 3.05) is 5.32 Å². The highest BCUT2D eigenvalue weighted by molar-refractivity contribution is 5.92. The Morgan fingerprint density at radius 3 is 2.85 bits per heavy atom. The summed E-state index contributed by atoms with van der Waals surface area (Å²) in [5.41, 5.74) is 6.47. The second-order valence-electron chi connectivity index (χ2n) is 3.14. The van der Waals surface area contributed by atoms with Gasteiger partial charge in [0.05, 0.1) is 11.9 Å². The van der Waals surface area contributed by atoms with E-state index in [4.69, 9.17) is 5.73 Å². The van der Waals surface area contributed by atoms with E-state index in [1.807, 2.05) is 27.1 Å². The molecule has 0 spiro atoms. The van der Waals surface area contributed by atoms with Crippen LogP contribution in [0.25, 0.3) is 0 Å². The quantitative estimate of drug-likeness (QED) is 0.517. The number of nitrogens with one attached hydrogen (secondary N) is 1. The van der Waals surface area contributed by atoms with Gasteiger partial charge in [-0.25, -0.2) is 0 Å². The van der Waals surface area contributed by atoms with E-state index in [1.165, 1.54) is 0 Å². The van der Waals surface area contributed by atoms with Gasteiger partial charge in [0, 0.05) is 19.3 Å². The van der Waals surface area contributed by atoms with Crippen LogP contribution >= 0.6 is 0 Å². The Kier molecular flexibility index (Phi) is 2.89. The summed E-state index contributed by atoms with van der Waals surface area (Å²) in [7, 11) is 1.85. The lowest BCUT2D eigenvalue weighted by Gasteiger charge is -2.03. The lowest BCUT2D eigenvalue weighted by atomic mass is 10.4. The van der Waals surface area contributed by atoms with Gasteiger partial charge in [0.15, 0.2) is 5.96 Å². The van der Waals surface area contributed by atoms with Crippen molar-refractivity contribution in [3.05, 3.63) is 12.4 Å². The molecule has 0 atom stereocenters. The molecule has 0 amide bonds. The SMILES string of the molecule is CC(C)N=C(N)Nc1cnn(C)c1. The van der Waals surface area contributed by atoms with E-state index in [0.29, 0.717) is 5.96 Å². The Labute approximate surface area is 77.6 Å². The topological polar surface area (TPSA) is 68.2 Å². The molecule has 0 radical (unpaired) electrons. The van der Waals surface area contributed by atoms with E-state index < -0.39 is 0 Å². The summed E-state index contributed by atoms with van der Waals surface area (Å²) in [6, 6.07) is 0.198. The molecule has 1 aromatic heterocycles. The number of rotatable bonds is 2. The molecule has 0 fully saturated rings. The van der Waals surface area contributed by atoms with Gasteiger partial charge in [0.1, 0.15) is 0 Å². The van der Waals surface area contributed by atoms with E-state index in [-0.39, 0.29) is 6.04 Å². The van der Waals surface area contributed by atoms with Crippen molar-refractivity contribution >= 4 is 11.6 Å². The van der Waals surface area contributed by atoms with E-state index >= 15 is 0 Å². The van der Waals surface area contributed by atoms with Crippen LogP contribution in [0.5, 0.6) is 0 Å². The van der Waals surface area contributed by atoms with Crippen molar-refractivity contribution in [1.29, 1.82) is 0 Å². The molecule has 3 N–H and O–H groups in total. The molecule has 0 aromatic carbocycles. The molecule has 1 aromatic rings. The van der Waals surface area contributed by atoms with Crippen molar-refractivity contribution in [3.63, 3.8) is 0 Å². The predicted molar refractivity (Wildman–Crippen MR) is 53.6 cm³/mol. The molecule has 1 heterocycles. The van der Waals surface area contributed by atoms with Gasteiger partial charge < -0.3 is 11.1 Å². The van der Waals surface area contributed by atoms with Crippen LogP contribution in [0.2, 0.25) is 0 Å². The first-order valence-corrected chi connectivity index (χ1v) is 4.17. The van der Waals surface area contributed by atoms with Gasteiger partial charge in [-0.05, 0) is 13.8 Å². The summed E-state index contributed by atoms with van der Waals surface area (Å²) < 4.78 is 1.70. The minimum atomic E-state index is 0.198. The van der Waals surface area contributed by atoms with E-state index in [0.717, 1.165) is 5.69 Å². The Morgan fingerprint density at radius 1 is 1.69 bits per heavy atom. The summed E-state index contributed by atoms with van der Waals surface area (Å²) in [4.78, 5) is 4.13. The fraction of sp³-hybridized carbons (Fsp3) is 0.500. The monoisotopic (exact) mass is 181 g/mol. The average Bonchev–Trinajstić information content (AvgIpc) is 2.33. The molecule has 0 aliphatic rings. The number of aliphatic imine (C=N–C) groups is 1. The predicted octanol–water partition coefficient (Wildman–Crippen LogP) is 0.555. The molecule has 0 aliphatic carbocycles. The maximum Gasteiger partial charge on any atom is 0.193 e. The third-order valence-corrected chi connectivity index (χ3v) is 1.37. The van der Waals surface area contributed by atoms with Gasteiger partial charge in [0.25, 0.3) is 0 Å². The summed E-state index contributed by atoms with van der Waals surface area (Å²) in [5, 5.41) is 6.93. The molecule has 72 valence electrons. The van der Waals surface area contributed by atoms with E-state index in [2.05, 4.69) is 15.4 Å². The number of hydrogen-bond donors (Lipinski definition) is 2. The highest BCUT2D eigenvalue weighted by atomic mass is 15.3. The van der Waals surface area contributed by atoms with Crippen LogP contribution in [0.15, 0.2) is 17.4 Å². The molecular weight excluding hydrogens is 166 g/mol. The lowest BCUT2D eigenvalue weighted by Crippen LogP contribution is -2.23. The Hall–Kier alpha value is -1.52. The van der Waals surface area contributed by atoms with Gasteiger partial charge in [-0.2, -0.15) is 5.10 Å². The first kappa shape index (κ1) is 9.57. The minimum Gasteiger partial charge on any atom is -0.370 e. The fourth-order valence-corrected chi connectivity index (χ4v) is 0.944. The number of nitrogens with zero attached hydrogens (tertiary/aromatic N) is 3. The van der Waals surface area contributed by atoms with Gasteiger partial charge in [-0.1, -0.05) is 0 Å². The van der Waals surface area contributed by atoms with Crippen LogP contribution in [-0.4, -0.2) is 21.8 Å². The molecule has 0 bridgehead atoms. The van der Waals surface area contributed by atoms with Crippen LogP contribution in [0.4, 0.5) is 5.69 Å². The molecule has 1 rings (SSSR count). The molecule has 0 saturated heterocycles. The Balaban J connectivity index is 2.59. The zero-order valence-corrected chi connectivity index (χ0v) is 8.15. The number of aryl methyl sites for hydroxylation is 1. The van der Waals surface area contributed by atoms with Crippen LogP contribution in [0.1, 0.15) is 13.8 Å². The molecular formula is C8H15N5. The number of hydrogen-bond acceptors (Lipinski definition) is 2. The molecule has 5 nitrogen and oxygen atoms in total. The highest BCUT2D eigenvalue weighted by Crippen LogP contribution is 2.02. The zero-order chi connectivity index (χ0) is 9.84. The van der Waals surface area contributed by atoms with Gasteiger partial charge in [-0.15, -0.1) is 0 Å². The van der Waals surface area contributed by atoms with Crippen LogP contribution in [0.3, 0.4) is 0 Å². The van der Waals surface area contributed by atoms with Crippen molar-refractivity contribution in [2.45, 2.75) is 19.9 Å². The lowest BCUT2D eigenvalue weighted by molar-refractivity contribution is 0.768. The van der Waals surface area contributed by atoms with Crippen molar-refractivity contribution in [3.8, 4) is 0 Å². The number of guanidine groups is 1. The van der Waals surface area contributed by atoms with E-state index in [1.54, 1.807) is 10.9 Å². The Bertz CT molecular complexity index is 299. The molecule has 0 saturated carbocycles. The highest BCUT2D eigenvalue weighted by Gasteiger charge is 1.97. The largest absolute Gasteiger partial charge is 0.370 e. The summed E-state index contributed by atoms with van der Waals surface area (Å²) in [6.07, 6.45) is 3.53. The van der Waals surface area contributed by atoms with Gasteiger partial charge in [-0.3, -0.25) is 9.67 Å². The van der Waals surface area contributed by atoms with Crippen molar-refractivity contribution in [2.24, 2.45) is 17.8 Å². The fourth-order valence-electron chi connectivity index (χ4n) is 0.944. The number of anilines is 1. The van der Waals surface area contributed by atoms with Crippen LogP contribution < -0.4 is 11.1 Å². The van der Waals surface area contributed by atoms with Crippen LogP contribution in [0, 0.1) is 0 Å². The standard InChI is InChI=1S/C8H15N5/c1-6(2)11-8(9)12-7-4-10-13(3)5-7/h4-6H,1-3H3,(H3,9,11,12). The third kappa shape index (κ3) is 3.14. The second kappa shape index (κ2) is 3.93. The molecule has 0 aliphatic heterocycles. The average molecular weight is 181 g/mol. The third-order valence-electron chi connectivity index (χ3n) is 1.37. The summed E-state index contributed by atoms with van der Waals surface area (Å²) in [5.74, 6) is 0.419. The van der Waals surface area contributed by atoms with E-state index in [9.17, 15) is 0 Å². The first-order valence-electron chi connectivity index (χ1n) is 4.17. The second-order valence-corrected chi connectivity index (χ2v) is 3.14. The smallest absolute Gasteiger partial charge is 0.193 e. The minimum absolute atomic E-state index is 0.198. The summed E-state index contributed by atoms with van der Waals surface area (Å²) >= 11 is 0. The van der Waals surface area contributed by atoms with Crippen LogP contribution in [-0.2, 0) is 7.05 Å². The van der Waals surface area contributed by atoms with Crippen molar-refractivity contribution in [1.82, 2.24) is 9.78 Å². The first-order chi connectivity index (χ1) is 6.08. The van der Waals surface area contributed by atoms with Gasteiger partial charge >= 0.3 is 0 Å².